The van der Waals surface area contributed by atoms with Gasteiger partial charge in [0.15, 0.2) is 0 Å². The SMILES string of the molecule is CCN(CCNC(=O)Cn1cc(N)ccc1=O)C1CC1. The van der Waals surface area contributed by atoms with E-state index in [2.05, 4.69) is 17.1 Å². The summed E-state index contributed by atoms with van der Waals surface area (Å²) in [6.07, 6.45) is 4.02. The number of nitrogens with one attached hydrogen (secondary N) is 1. The highest BCUT2D eigenvalue weighted by molar-refractivity contribution is 5.75. The van der Waals surface area contributed by atoms with Gasteiger partial charge in [-0.15, -0.1) is 0 Å². The van der Waals surface area contributed by atoms with E-state index < -0.39 is 0 Å². The largest absolute Gasteiger partial charge is 0.398 e. The maximum Gasteiger partial charge on any atom is 0.251 e. The summed E-state index contributed by atoms with van der Waals surface area (Å²) in [5.41, 5.74) is 5.86. The van der Waals surface area contributed by atoms with Crippen LogP contribution in [0, 0.1) is 0 Å². The van der Waals surface area contributed by atoms with Crippen molar-refractivity contribution < 1.29 is 4.79 Å². The third-order valence-electron chi connectivity index (χ3n) is 3.51. The van der Waals surface area contributed by atoms with E-state index in [0.717, 1.165) is 13.1 Å². The van der Waals surface area contributed by atoms with E-state index in [9.17, 15) is 9.59 Å². The Morgan fingerprint density at radius 1 is 1.50 bits per heavy atom. The first-order valence-electron chi connectivity index (χ1n) is 7.07. The number of carbonyl (C=O) groups excluding carboxylic acids is 1. The number of pyridine rings is 1. The summed E-state index contributed by atoms with van der Waals surface area (Å²) < 4.78 is 1.32. The van der Waals surface area contributed by atoms with Crippen LogP contribution in [0.2, 0.25) is 0 Å². The van der Waals surface area contributed by atoms with Gasteiger partial charge in [0.1, 0.15) is 6.54 Å². The maximum atomic E-state index is 11.8. The lowest BCUT2D eigenvalue weighted by Gasteiger charge is -2.19. The molecule has 1 heterocycles. The molecular weight excluding hydrogens is 256 g/mol. The van der Waals surface area contributed by atoms with Crippen molar-refractivity contribution in [3.05, 3.63) is 28.7 Å². The molecule has 1 aliphatic rings. The van der Waals surface area contributed by atoms with Crippen molar-refractivity contribution in [3.8, 4) is 0 Å². The molecule has 1 amide bonds. The van der Waals surface area contributed by atoms with Gasteiger partial charge >= 0.3 is 0 Å². The van der Waals surface area contributed by atoms with Crippen LogP contribution in [0.1, 0.15) is 19.8 Å². The smallest absolute Gasteiger partial charge is 0.251 e. The van der Waals surface area contributed by atoms with Gasteiger partial charge in [-0.05, 0) is 25.5 Å². The summed E-state index contributed by atoms with van der Waals surface area (Å²) in [6.45, 7) is 4.63. The van der Waals surface area contributed by atoms with E-state index in [4.69, 9.17) is 5.73 Å². The van der Waals surface area contributed by atoms with Crippen LogP contribution < -0.4 is 16.6 Å². The number of rotatable bonds is 7. The first kappa shape index (κ1) is 14.6. The number of nitrogen functional groups attached to an aromatic ring is 1. The monoisotopic (exact) mass is 278 g/mol. The van der Waals surface area contributed by atoms with Gasteiger partial charge in [-0.25, -0.2) is 0 Å². The molecule has 0 bridgehead atoms. The van der Waals surface area contributed by atoms with E-state index in [1.807, 2.05) is 0 Å². The molecule has 6 heteroatoms. The number of likely N-dealkylation sites (N-methyl/N-ethyl adjacent to an activating group) is 1. The van der Waals surface area contributed by atoms with E-state index in [0.29, 0.717) is 18.3 Å². The normalized spacial score (nSPS) is 14.5. The molecule has 2 rings (SSSR count). The van der Waals surface area contributed by atoms with Gasteiger partial charge in [-0.1, -0.05) is 6.92 Å². The van der Waals surface area contributed by atoms with Crippen molar-refractivity contribution in [3.63, 3.8) is 0 Å². The average Bonchev–Trinajstić information content (AvgIpc) is 3.23. The fourth-order valence-corrected chi connectivity index (χ4v) is 2.26. The van der Waals surface area contributed by atoms with Crippen LogP contribution in [0.15, 0.2) is 23.1 Å². The molecule has 0 spiro atoms. The van der Waals surface area contributed by atoms with Gasteiger partial charge in [0, 0.05) is 37.1 Å². The molecule has 6 nitrogen and oxygen atoms in total. The zero-order valence-electron chi connectivity index (χ0n) is 11.8. The molecule has 0 unspecified atom stereocenters. The Hall–Kier alpha value is -1.82. The molecule has 1 fully saturated rings. The number of nitrogens with two attached hydrogens (primary N) is 1. The molecule has 0 radical (unpaired) electrons. The molecule has 0 saturated heterocycles. The second kappa shape index (κ2) is 6.56. The van der Waals surface area contributed by atoms with Crippen molar-refractivity contribution in [1.29, 1.82) is 0 Å². The number of hydrogen-bond donors (Lipinski definition) is 2. The summed E-state index contributed by atoms with van der Waals surface area (Å²) in [5, 5.41) is 2.84. The molecule has 0 aliphatic heterocycles. The highest BCUT2D eigenvalue weighted by Crippen LogP contribution is 2.25. The van der Waals surface area contributed by atoms with E-state index in [1.54, 1.807) is 0 Å². The molecule has 20 heavy (non-hydrogen) atoms. The molecule has 1 saturated carbocycles. The van der Waals surface area contributed by atoms with Gasteiger partial charge in [0.2, 0.25) is 5.91 Å². The minimum Gasteiger partial charge on any atom is -0.398 e. The van der Waals surface area contributed by atoms with E-state index in [-0.39, 0.29) is 18.0 Å². The van der Waals surface area contributed by atoms with Crippen molar-refractivity contribution >= 4 is 11.6 Å². The van der Waals surface area contributed by atoms with Crippen LogP contribution >= 0.6 is 0 Å². The topological polar surface area (TPSA) is 80.4 Å². The standard InChI is InChI=1S/C14H22N4O2/c1-2-17(12-4-5-12)8-7-16-13(19)10-18-9-11(15)3-6-14(18)20/h3,6,9,12H,2,4-5,7-8,10,15H2,1H3,(H,16,19). The minimum atomic E-state index is -0.220. The molecule has 3 N–H and O–H groups in total. The molecular formula is C14H22N4O2. The number of aromatic nitrogens is 1. The zero-order chi connectivity index (χ0) is 14.5. The Morgan fingerprint density at radius 2 is 2.25 bits per heavy atom. The van der Waals surface area contributed by atoms with Gasteiger partial charge in [-0.2, -0.15) is 0 Å². The molecule has 0 atom stereocenters. The lowest BCUT2D eigenvalue weighted by Crippen LogP contribution is -2.38. The third kappa shape index (κ3) is 4.09. The molecule has 0 aromatic carbocycles. The number of nitrogens with zero attached hydrogens (tertiary/aromatic N) is 2. The second-order valence-electron chi connectivity index (χ2n) is 5.14. The lowest BCUT2D eigenvalue weighted by atomic mass is 10.4. The molecule has 1 aromatic heterocycles. The Balaban J connectivity index is 1.77. The first-order valence-corrected chi connectivity index (χ1v) is 7.07. The summed E-state index contributed by atoms with van der Waals surface area (Å²) in [6, 6.07) is 3.61. The fraction of sp³-hybridized carbons (Fsp3) is 0.571. The van der Waals surface area contributed by atoms with Crippen molar-refractivity contribution in [2.45, 2.75) is 32.4 Å². The second-order valence-corrected chi connectivity index (χ2v) is 5.14. The van der Waals surface area contributed by atoms with Crippen molar-refractivity contribution in [1.82, 2.24) is 14.8 Å². The number of carbonyl (C=O) groups is 1. The van der Waals surface area contributed by atoms with Crippen LogP contribution in [-0.4, -0.2) is 41.1 Å². The first-order chi connectivity index (χ1) is 9.60. The van der Waals surface area contributed by atoms with Gasteiger partial charge < -0.3 is 15.6 Å². The molecule has 1 aliphatic carbocycles. The van der Waals surface area contributed by atoms with Crippen LogP contribution in [0.5, 0.6) is 0 Å². The molecule has 110 valence electrons. The van der Waals surface area contributed by atoms with Crippen molar-refractivity contribution in [2.24, 2.45) is 0 Å². The fourth-order valence-electron chi connectivity index (χ4n) is 2.26. The third-order valence-corrected chi connectivity index (χ3v) is 3.51. The summed E-state index contributed by atoms with van der Waals surface area (Å²) in [5.74, 6) is -0.162. The van der Waals surface area contributed by atoms with Crippen LogP contribution in [0.4, 0.5) is 5.69 Å². The van der Waals surface area contributed by atoms with Crippen LogP contribution in [0.25, 0.3) is 0 Å². The number of hydrogen-bond acceptors (Lipinski definition) is 4. The minimum absolute atomic E-state index is 0.0133. The van der Waals surface area contributed by atoms with Crippen LogP contribution in [0.3, 0.4) is 0 Å². The van der Waals surface area contributed by atoms with E-state index >= 15 is 0 Å². The van der Waals surface area contributed by atoms with Gasteiger partial charge in [-0.3, -0.25) is 14.5 Å². The Kier molecular flexibility index (Phi) is 4.79. The average molecular weight is 278 g/mol. The predicted molar refractivity (Wildman–Crippen MR) is 78.4 cm³/mol. The maximum absolute atomic E-state index is 11.8. The number of anilines is 1. The number of amides is 1. The Labute approximate surface area is 118 Å². The predicted octanol–water partition coefficient (Wildman–Crippen LogP) is 0.0310. The Morgan fingerprint density at radius 3 is 2.90 bits per heavy atom. The summed E-state index contributed by atoms with van der Waals surface area (Å²) in [4.78, 5) is 25.7. The zero-order valence-corrected chi connectivity index (χ0v) is 11.8. The molecule has 1 aromatic rings. The highest BCUT2D eigenvalue weighted by Gasteiger charge is 2.27. The highest BCUT2D eigenvalue weighted by atomic mass is 16.2. The Bertz CT molecular complexity index is 522. The lowest BCUT2D eigenvalue weighted by molar-refractivity contribution is -0.121. The van der Waals surface area contributed by atoms with Crippen molar-refractivity contribution in [2.75, 3.05) is 25.4 Å². The van der Waals surface area contributed by atoms with Gasteiger partial charge in [0.25, 0.3) is 5.56 Å². The quantitative estimate of drug-likeness (QED) is 0.737. The summed E-state index contributed by atoms with van der Waals surface area (Å²) in [7, 11) is 0. The summed E-state index contributed by atoms with van der Waals surface area (Å²) >= 11 is 0. The van der Waals surface area contributed by atoms with E-state index in [1.165, 1.54) is 35.7 Å². The van der Waals surface area contributed by atoms with Gasteiger partial charge in [0.05, 0.1) is 0 Å². The van der Waals surface area contributed by atoms with Crippen LogP contribution in [-0.2, 0) is 11.3 Å².